The van der Waals surface area contributed by atoms with E-state index in [1.807, 2.05) is 0 Å². The molecule has 8 nitrogen and oxygen atoms in total. The molecule has 0 radical (unpaired) electrons. The molecule has 0 amide bonds. The summed E-state index contributed by atoms with van der Waals surface area (Å²) in [5.41, 5.74) is 0.480. The van der Waals surface area contributed by atoms with E-state index < -0.39 is 26.1 Å². The first-order valence-corrected chi connectivity index (χ1v) is 8.87. The fourth-order valence-corrected chi connectivity index (χ4v) is 3.42. The number of aromatic amines is 1. The third kappa shape index (κ3) is 3.67. The van der Waals surface area contributed by atoms with E-state index >= 15 is 0 Å². The van der Waals surface area contributed by atoms with Crippen molar-refractivity contribution in [1.82, 2.24) is 14.9 Å². The summed E-state index contributed by atoms with van der Waals surface area (Å²) in [6.07, 6.45) is 2.42. The number of nitrogens with one attached hydrogen (secondary N) is 2. The zero-order valence-electron chi connectivity index (χ0n) is 11.0. The summed E-state index contributed by atoms with van der Waals surface area (Å²) in [4.78, 5) is -0.0775. The van der Waals surface area contributed by atoms with Crippen LogP contribution >= 0.6 is 0 Å². The number of benzene rings is 1. The normalized spacial score (nSPS) is 14.0. The summed E-state index contributed by atoms with van der Waals surface area (Å²) >= 11 is 0. The second-order valence-corrected chi connectivity index (χ2v) is 7.67. The number of rotatable bonds is 5. The highest BCUT2D eigenvalue weighted by atomic mass is 32.2. The Morgan fingerprint density at radius 2 is 1.95 bits per heavy atom. The fraction of sp³-hybridized carbons (Fsp3) is 0.182. The summed E-state index contributed by atoms with van der Waals surface area (Å²) < 4.78 is 49.1. The molecule has 2 rings (SSSR count). The molecule has 0 spiro atoms. The quantitative estimate of drug-likeness (QED) is 0.714. The van der Waals surface area contributed by atoms with Gasteiger partial charge < -0.3 is 0 Å². The topological polar surface area (TPSA) is 135 Å². The van der Waals surface area contributed by atoms with Crippen LogP contribution in [0, 0.1) is 0 Å². The van der Waals surface area contributed by atoms with Crippen LogP contribution in [0.1, 0.15) is 18.5 Å². The van der Waals surface area contributed by atoms with E-state index in [4.69, 9.17) is 5.14 Å². The highest BCUT2D eigenvalue weighted by molar-refractivity contribution is 7.89. The highest BCUT2D eigenvalue weighted by Gasteiger charge is 2.20. The van der Waals surface area contributed by atoms with Crippen LogP contribution < -0.4 is 9.86 Å². The van der Waals surface area contributed by atoms with Crippen molar-refractivity contribution in [3.63, 3.8) is 0 Å². The van der Waals surface area contributed by atoms with Crippen LogP contribution in [0.25, 0.3) is 0 Å². The third-order valence-corrected chi connectivity index (χ3v) is 5.22. The van der Waals surface area contributed by atoms with Crippen LogP contribution in [0.2, 0.25) is 0 Å². The van der Waals surface area contributed by atoms with E-state index in [1.54, 1.807) is 13.0 Å². The molecule has 1 atom stereocenters. The molecule has 10 heteroatoms. The Morgan fingerprint density at radius 3 is 2.52 bits per heavy atom. The van der Waals surface area contributed by atoms with Crippen molar-refractivity contribution in [3.8, 4) is 0 Å². The zero-order valence-corrected chi connectivity index (χ0v) is 12.6. The molecule has 0 bridgehead atoms. The van der Waals surface area contributed by atoms with E-state index in [0.29, 0.717) is 5.56 Å². The standard InChI is InChI=1S/C11H14N4O4S2/c1-8(15-21(18,19)11-6-13-14-7-11)9-3-2-4-10(5-9)20(12,16)17/h2-8,15H,1H3,(H,13,14)(H2,12,16,17). The largest absolute Gasteiger partial charge is 0.284 e. The molecule has 21 heavy (non-hydrogen) atoms. The molecule has 1 aromatic carbocycles. The Morgan fingerprint density at radius 1 is 1.24 bits per heavy atom. The van der Waals surface area contributed by atoms with E-state index in [2.05, 4.69) is 14.9 Å². The lowest BCUT2D eigenvalue weighted by Gasteiger charge is -2.14. The molecule has 0 saturated carbocycles. The van der Waals surface area contributed by atoms with E-state index in [0.717, 1.165) is 0 Å². The van der Waals surface area contributed by atoms with Gasteiger partial charge in [0.1, 0.15) is 4.90 Å². The van der Waals surface area contributed by atoms with Crippen LogP contribution in [0.5, 0.6) is 0 Å². The average molecular weight is 330 g/mol. The Hall–Kier alpha value is -1.75. The van der Waals surface area contributed by atoms with Gasteiger partial charge in [-0.25, -0.2) is 26.7 Å². The molecule has 1 heterocycles. The Kier molecular flexibility index (Phi) is 4.14. The number of primary sulfonamides is 1. The smallest absolute Gasteiger partial charge is 0.244 e. The first-order valence-electron chi connectivity index (χ1n) is 5.84. The Bertz CT molecular complexity index is 829. The predicted octanol–water partition coefficient (Wildman–Crippen LogP) is 0.0966. The lowest BCUT2D eigenvalue weighted by Crippen LogP contribution is -2.26. The SMILES string of the molecule is CC(NS(=O)(=O)c1cn[nH]c1)c1cccc(S(N)(=O)=O)c1. The molecule has 0 aliphatic heterocycles. The van der Waals surface area contributed by atoms with Gasteiger partial charge in [-0.05, 0) is 24.6 Å². The molecule has 1 unspecified atom stereocenters. The first kappa shape index (κ1) is 15.6. The van der Waals surface area contributed by atoms with Crippen molar-refractivity contribution in [3.05, 3.63) is 42.2 Å². The molecular formula is C11H14N4O4S2. The highest BCUT2D eigenvalue weighted by Crippen LogP contribution is 2.19. The molecule has 0 aliphatic rings. The van der Waals surface area contributed by atoms with Gasteiger partial charge in [0, 0.05) is 12.2 Å². The number of sulfonamides is 2. The molecule has 0 aliphatic carbocycles. The average Bonchev–Trinajstić information content (AvgIpc) is 2.92. The van der Waals surface area contributed by atoms with E-state index in [-0.39, 0.29) is 9.79 Å². The van der Waals surface area contributed by atoms with Crippen LogP contribution in [-0.4, -0.2) is 27.0 Å². The van der Waals surface area contributed by atoms with Crippen LogP contribution in [0.3, 0.4) is 0 Å². The van der Waals surface area contributed by atoms with E-state index in [1.165, 1.54) is 30.6 Å². The van der Waals surface area contributed by atoms with Crippen molar-refractivity contribution >= 4 is 20.0 Å². The van der Waals surface area contributed by atoms with Gasteiger partial charge in [-0.2, -0.15) is 5.10 Å². The number of nitrogens with zero attached hydrogens (tertiary/aromatic N) is 1. The third-order valence-electron chi connectivity index (χ3n) is 2.80. The second-order valence-electron chi connectivity index (χ2n) is 4.39. The van der Waals surface area contributed by atoms with Crippen LogP contribution in [0.15, 0.2) is 46.5 Å². The summed E-state index contributed by atoms with van der Waals surface area (Å²) in [5.74, 6) is 0. The summed E-state index contributed by atoms with van der Waals surface area (Å²) in [6, 6.07) is 5.15. The minimum Gasteiger partial charge on any atom is -0.284 e. The number of H-pyrrole nitrogens is 1. The predicted molar refractivity (Wildman–Crippen MR) is 75.1 cm³/mol. The molecule has 2 aromatic rings. The molecule has 0 fully saturated rings. The van der Waals surface area contributed by atoms with Gasteiger partial charge in [0.2, 0.25) is 20.0 Å². The molecule has 1 aromatic heterocycles. The van der Waals surface area contributed by atoms with Gasteiger partial charge in [0.25, 0.3) is 0 Å². The minimum atomic E-state index is -3.84. The monoisotopic (exact) mass is 330 g/mol. The number of aromatic nitrogens is 2. The lowest BCUT2D eigenvalue weighted by molar-refractivity contribution is 0.567. The van der Waals surface area contributed by atoms with Gasteiger partial charge in [0.05, 0.1) is 11.1 Å². The summed E-state index contributed by atoms with van der Waals surface area (Å²) in [6.45, 7) is 1.60. The molecule has 114 valence electrons. The van der Waals surface area contributed by atoms with Crippen molar-refractivity contribution in [2.75, 3.05) is 0 Å². The van der Waals surface area contributed by atoms with Gasteiger partial charge in [0.15, 0.2) is 0 Å². The lowest BCUT2D eigenvalue weighted by atomic mass is 10.1. The van der Waals surface area contributed by atoms with Crippen LogP contribution in [0.4, 0.5) is 0 Å². The van der Waals surface area contributed by atoms with Gasteiger partial charge in [-0.1, -0.05) is 12.1 Å². The molecule has 4 N–H and O–H groups in total. The van der Waals surface area contributed by atoms with Gasteiger partial charge >= 0.3 is 0 Å². The summed E-state index contributed by atoms with van der Waals surface area (Å²) in [7, 11) is -7.58. The van der Waals surface area contributed by atoms with Crippen molar-refractivity contribution < 1.29 is 16.8 Å². The molecular weight excluding hydrogens is 316 g/mol. The molecule has 0 saturated heterocycles. The van der Waals surface area contributed by atoms with Crippen molar-refractivity contribution in [1.29, 1.82) is 0 Å². The van der Waals surface area contributed by atoms with Crippen molar-refractivity contribution in [2.45, 2.75) is 22.8 Å². The van der Waals surface area contributed by atoms with E-state index in [9.17, 15) is 16.8 Å². The van der Waals surface area contributed by atoms with Crippen LogP contribution in [-0.2, 0) is 20.0 Å². The first-order chi connectivity index (χ1) is 9.70. The maximum Gasteiger partial charge on any atom is 0.244 e. The maximum atomic E-state index is 12.0. The van der Waals surface area contributed by atoms with Gasteiger partial charge in [-0.15, -0.1) is 0 Å². The Balaban J connectivity index is 2.28. The van der Waals surface area contributed by atoms with Gasteiger partial charge in [-0.3, -0.25) is 5.10 Å². The minimum absolute atomic E-state index is 0.00282. The zero-order chi connectivity index (χ0) is 15.7. The Labute approximate surface area is 122 Å². The summed E-state index contributed by atoms with van der Waals surface area (Å²) in [5, 5.41) is 11.0. The number of hydrogen-bond donors (Lipinski definition) is 3. The van der Waals surface area contributed by atoms with Crippen molar-refractivity contribution in [2.24, 2.45) is 5.14 Å². The fourth-order valence-electron chi connectivity index (χ4n) is 1.72. The maximum absolute atomic E-state index is 12.0. The number of nitrogens with two attached hydrogens (primary N) is 1. The number of hydrogen-bond acceptors (Lipinski definition) is 5. The second kappa shape index (κ2) is 5.56.